The van der Waals surface area contributed by atoms with Gasteiger partial charge in [0.25, 0.3) is 0 Å². The molecule has 0 fully saturated rings. The van der Waals surface area contributed by atoms with Crippen LogP contribution in [0.3, 0.4) is 0 Å². The van der Waals surface area contributed by atoms with Gasteiger partial charge < -0.3 is 5.32 Å². The molecule has 0 saturated heterocycles. The Morgan fingerprint density at radius 1 is 1.00 bits per heavy atom. The lowest BCUT2D eigenvalue weighted by Crippen LogP contribution is -2.34. The van der Waals surface area contributed by atoms with Crippen molar-refractivity contribution in [1.82, 2.24) is 19.7 Å². The molecule has 8 heteroatoms. The first-order valence-corrected chi connectivity index (χ1v) is 11.3. The molecule has 1 aromatic heterocycles. The maximum absolute atomic E-state index is 14.3. The molecule has 6 nitrogen and oxygen atoms in total. The summed E-state index contributed by atoms with van der Waals surface area (Å²) < 4.78 is 16.8. The monoisotopic (exact) mass is 478 g/mol. The van der Waals surface area contributed by atoms with E-state index in [1.165, 1.54) is 10.6 Å². The molecule has 4 rings (SSSR count). The van der Waals surface area contributed by atoms with Crippen molar-refractivity contribution in [3.8, 4) is 11.4 Å². The van der Waals surface area contributed by atoms with Crippen LogP contribution in [-0.2, 0) is 24.3 Å². The zero-order valence-electron chi connectivity index (χ0n) is 18.7. The van der Waals surface area contributed by atoms with E-state index in [9.17, 15) is 14.0 Å². The van der Waals surface area contributed by atoms with Gasteiger partial charge in [-0.25, -0.2) is 13.9 Å². The molecule has 0 atom stereocenters. The Labute approximate surface area is 201 Å². The van der Waals surface area contributed by atoms with Crippen molar-refractivity contribution in [3.05, 3.63) is 111 Å². The summed E-state index contributed by atoms with van der Waals surface area (Å²) >= 11 is 6.00. The third-order valence-electron chi connectivity index (χ3n) is 5.58. The minimum atomic E-state index is -0.498. The van der Waals surface area contributed by atoms with Gasteiger partial charge in [0.05, 0.1) is 6.54 Å². The Kier molecular flexibility index (Phi) is 7.23. The minimum absolute atomic E-state index is 0.0155. The molecular formula is C26H24ClFN4O2. The number of amides is 1. The van der Waals surface area contributed by atoms with Crippen LogP contribution in [0.15, 0.2) is 77.6 Å². The highest BCUT2D eigenvalue weighted by Crippen LogP contribution is 2.20. The van der Waals surface area contributed by atoms with Gasteiger partial charge in [-0.05, 0) is 54.8 Å². The van der Waals surface area contributed by atoms with Crippen molar-refractivity contribution in [2.45, 2.75) is 26.4 Å². The molecule has 3 aromatic carbocycles. The van der Waals surface area contributed by atoms with Gasteiger partial charge in [-0.1, -0.05) is 54.1 Å². The van der Waals surface area contributed by atoms with Crippen molar-refractivity contribution >= 4 is 17.5 Å². The number of hydrogen-bond acceptors (Lipinski definition) is 3. The molecule has 0 bridgehead atoms. The summed E-state index contributed by atoms with van der Waals surface area (Å²) in [5, 5.41) is 7.78. The number of nitrogens with zero attached hydrogens (tertiary/aromatic N) is 3. The van der Waals surface area contributed by atoms with Gasteiger partial charge in [0.15, 0.2) is 5.82 Å². The summed E-state index contributed by atoms with van der Waals surface area (Å²) in [5.74, 6) is -0.412. The molecule has 1 amide bonds. The van der Waals surface area contributed by atoms with E-state index in [1.54, 1.807) is 42.5 Å². The molecule has 0 aliphatic rings. The van der Waals surface area contributed by atoms with E-state index in [1.807, 2.05) is 31.2 Å². The summed E-state index contributed by atoms with van der Waals surface area (Å²) in [6.45, 7) is 2.21. The minimum Gasteiger partial charge on any atom is -0.354 e. The number of carbonyl (C=O) groups is 1. The van der Waals surface area contributed by atoms with E-state index in [2.05, 4.69) is 10.4 Å². The summed E-state index contributed by atoms with van der Waals surface area (Å²) in [6, 6.07) is 21.1. The zero-order valence-corrected chi connectivity index (χ0v) is 19.4. The molecule has 0 aliphatic heterocycles. The second-order valence-corrected chi connectivity index (χ2v) is 8.41. The number of halogens is 2. The Morgan fingerprint density at radius 3 is 2.38 bits per heavy atom. The normalized spacial score (nSPS) is 10.9. The van der Waals surface area contributed by atoms with Crippen LogP contribution in [0, 0.1) is 12.7 Å². The highest BCUT2D eigenvalue weighted by molar-refractivity contribution is 6.30. The fourth-order valence-corrected chi connectivity index (χ4v) is 3.84. The lowest BCUT2D eigenvalue weighted by Gasteiger charge is -2.07. The number of carbonyl (C=O) groups excluding carboxylic acids is 1. The molecule has 34 heavy (non-hydrogen) atoms. The third-order valence-corrected chi connectivity index (χ3v) is 5.83. The quantitative estimate of drug-likeness (QED) is 0.412. The second kappa shape index (κ2) is 10.5. The van der Waals surface area contributed by atoms with Crippen LogP contribution in [0.25, 0.3) is 11.4 Å². The van der Waals surface area contributed by atoms with Crippen molar-refractivity contribution in [3.63, 3.8) is 0 Å². The van der Waals surface area contributed by atoms with Gasteiger partial charge in [0, 0.05) is 22.7 Å². The van der Waals surface area contributed by atoms with Crippen molar-refractivity contribution in [2.75, 3.05) is 6.54 Å². The first kappa shape index (κ1) is 23.4. The van der Waals surface area contributed by atoms with E-state index in [0.29, 0.717) is 34.9 Å². The van der Waals surface area contributed by atoms with Crippen LogP contribution in [0.5, 0.6) is 0 Å². The Hall–Kier alpha value is -3.71. The maximum atomic E-state index is 14.3. The average molecular weight is 479 g/mol. The summed E-state index contributed by atoms with van der Waals surface area (Å²) in [5.41, 5.74) is 2.80. The van der Waals surface area contributed by atoms with Crippen LogP contribution >= 0.6 is 11.6 Å². The summed E-state index contributed by atoms with van der Waals surface area (Å²) in [6.07, 6.45) is 0.686. The first-order chi connectivity index (χ1) is 16.4. The average Bonchev–Trinajstić information content (AvgIpc) is 3.12. The van der Waals surface area contributed by atoms with E-state index in [-0.39, 0.29) is 19.0 Å². The molecule has 0 saturated carbocycles. The molecule has 0 unspecified atom stereocenters. The summed E-state index contributed by atoms with van der Waals surface area (Å²) in [7, 11) is 0. The smallest absolute Gasteiger partial charge is 0.347 e. The molecular weight excluding hydrogens is 455 g/mol. The van der Waals surface area contributed by atoms with Crippen LogP contribution in [-0.4, -0.2) is 26.8 Å². The van der Waals surface area contributed by atoms with Crippen LogP contribution in [0.1, 0.15) is 16.7 Å². The molecule has 4 aromatic rings. The van der Waals surface area contributed by atoms with Gasteiger partial charge in [-0.2, -0.15) is 0 Å². The second-order valence-electron chi connectivity index (χ2n) is 7.97. The van der Waals surface area contributed by atoms with Crippen LogP contribution in [0.4, 0.5) is 4.39 Å². The van der Waals surface area contributed by atoms with E-state index in [0.717, 1.165) is 15.8 Å². The van der Waals surface area contributed by atoms with Gasteiger partial charge >= 0.3 is 5.69 Å². The van der Waals surface area contributed by atoms with Crippen molar-refractivity contribution < 1.29 is 9.18 Å². The van der Waals surface area contributed by atoms with Crippen LogP contribution < -0.4 is 11.0 Å². The topological polar surface area (TPSA) is 68.9 Å². The number of hydrogen-bond donors (Lipinski definition) is 1. The zero-order chi connectivity index (χ0) is 24.1. The number of benzene rings is 3. The highest BCUT2D eigenvalue weighted by atomic mass is 35.5. The van der Waals surface area contributed by atoms with Gasteiger partial charge in [0.2, 0.25) is 5.91 Å². The SMILES string of the molecule is Cc1ccccc1CCNC(=O)Cn1nc(-c2ccc(Cl)cc2)n(Cc2ccccc2F)c1=O. The first-order valence-electron chi connectivity index (χ1n) is 10.9. The number of nitrogens with one attached hydrogen (secondary N) is 1. The van der Waals surface area contributed by atoms with Gasteiger partial charge in [-0.15, -0.1) is 5.10 Å². The summed E-state index contributed by atoms with van der Waals surface area (Å²) in [4.78, 5) is 25.7. The Balaban J connectivity index is 1.55. The number of aromatic nitrogens is 3. The largest absolute Gasteiger partial charge is 0.354 e. The fourth-order valence-electron chi connectivity index (χ4n) is 3.72. The molecule has 174 valence electrons. The van der Waals surface area contributed by atoms with E-state index in [4.69, 9.17) is 11.6 Å². The van der Waals surface area contributed by atoms with Crippen molar-refractivity contribution in [2.24, 2.45) is 0 Å². The predicted molar refractivity (Wildman–Crippen MR) is 130 cm³/mol. The maximum Gasteiger partial charge on any atom is 0.347 e. The Morgan fingerprint density at radius 2 is 1.68 bits per heavy atom. The van der Waals surface area contributed by atoms with Crippen molar-refractivity contribution in [1.29, 1.82) is 0 Å². The van der Waals surface area contributed by atoms with Gasteiger partial charge in [-0.3, -0.25) is 9.36 Å². The Bertz CT molecular complexity index is 1360. The highest BCUT2D eigenvalue weighted by Gasteiger charge is 2.18. The lowest BCUT2D eigenvalue weighted by atomic mass is 10.1. The van der Waals surface area contributed by atoms with E-state index >= 15 is 0 Å². The lowest BCUT2D eigenvalue weighted by molar-refractivity contribution is -0.121. The fraction of sp³-hybridized carbons (Fsp3) is 0.192. The molecule has 0 aliphatic carbocycles. The number of rotatable bonds is 8. The molecule has 0 spiro atoms. The van der Waals surface area contributed by atoms with Gasteiger partial charge in [0.1, 0.15) is 12.4 Å². The number of aryl methyl sites for hydroxylation is 1. The predicted octanol–water partition coefficient (Wildman–Crippen LogP) is 4.22. The molecule has 0 radical (unpaired) electrons. The van der Waals surface area contributed by atoms with Crippen LogP contribution in [0.2, 0.25) is 5.02 Å². The molecule has 1 heterocycles. The standard InChI is InChI=1S/C26H24ClFN4O2/c1-18-6-2-3-7-19(18)14-15-29-24(33)17-32-26(34)31(16-21-8-4-5-9-23(21)28)25(30-32)20-10-12-22(27)13-11-20/h2-13H,14-17H2,1H3,(H,29,33). The third kappa shape index (κ3) is 5.43. The van der Waals surface area contributed by atoms with E-state index < -0.39 is 11.5 Å². The molecule has 1 N–H and O–H groups in total.